The number of carbonyl (C=O) groups is 1. The molecule has 2 aromatic heterocycles. The van der Waals surface area contributed by atoms with Crippen molar-refractivity contribution in [2.75, 3.05) is 26.8 Å². The van der Waals surface area contributed by atoms with Gasteiger partial charge in [0.15, 0.2) is 5.82 Å². The van der Waals surface area contributed by atoms with Crippen molar-refractivity contribution in [3.8, 4) is 28.7 Å². The van der Waals surface area contributed by atoms with E-state index >= 15 is 0 Å². The van der Waals surface area contributed by atoms with Crippen molar-refractivity contribution in [2.24, 2.45) is 0 Å². The number of rotatable bonds is 9. The summed E-state index contributed by atoms with van der Waals surface area (Å²) in [6.07, 6.45) is 6.30. The zero-order valence-electron chi connectivity index (χ0n) is 25.0. The molecule has 2 aliphatic heterocycles. The van der Waals surface area contributed by atoms with Crippen molar-refractivity contribution in [1.29, 1.82) is 0 Å². The second-order valence-electron chi connectivity index (χ2n) is 11.4. The zero-order valence-corrected chi connectivity index (χ0v) is 25.0. The van der Waals surface area contributed by atoms with Crippen LogP contribution < -0.4 is 9.47 Å². The quantitative estimate of drug-likeness (QED) is 0.266. The van der Waals surface area contributed by atoms with E-state index in [1.165, 1.54) is 59.5 Å². The molecule has 43 heavy (non-hydrogen) atoms. The Morgan fingerprint density at radius 2 is 1.98 bits per heavy atom. The third kappa shape index (κ3) is 6.00. The van der Waals surface area contributed by atoms with Crippen LogP contribution in [0.2, 0.25) is 0 Å². The second kappa shape index (κ2) is 12.6. The smallest absolute Gasteiger partial charge is 0.342 e. The van der Waals surface area contributed by atoms with Crippen molar-refractivity contribution in [1.82, 2.24) is 19.7 Å². The topological polar surface area (TPSA) is 98.9 Å². The molecule has 0 aliphatic carbocycles. The number of pyridine rings is 1. The molecule has 2 aliphatic rings. The largest absolute Gasteiger partial charge is 0.488 e. The van der Waals surface area contributed by atoms with Gasteiger partial charge in [-0.25, -0.2) is 9.78 Å². The number of ether oxygens (including phenoxy) is 3. The first-order valence-corrected chi connectivity index (χ1v) is 14.9. The molecule has 0 radical (unpaired) electrons. The van der Waals surface area contributed by atoms with Crippen LogP contribution >= 0.6 is 0 Å². The molecular formula is C34H38N4O5. The number of aromatic carboxylic acids is 1. The molecule has 4 heterocycles. The minimum atomic E-state index is -1.11. The summed E-state index contributed by atoms with van der Waals surface area (Å²) in [5.41, 5.74) is 7.85. The average molecular weight is 583 g/mol. The molecule has 0 spiro atoms. The van der Waals surface area contributed by atoms with Gasteiger partial charge in [-0.2, -0.15) is 9.78 Å². The third-order valence-corrected chi connectivity index (χ3v) is 8.58. The zero-order chi connectivity index (χ0) is 29.9. The highest BCUT2D eigenvalue weighted by Gasteiger charge is 2.24. The van der Waals surface area contributed by atoms with Gasteiger partial charge in [0.1, 0.15) is 17.9 Å². The Morgan fingerprint density at radius 3 is 2.77 bits per heavy atom. The minimum absolute atomic E-state index is 0.0272. The Balaban J connectivity index is 1.21. The van der Waals surface area contributed by atoms with E-state index in [9.17, 15) is 9.90 Å². The van der Waals surface area contributed by atoms with Gasteiger partial charge in [-0.1, -0.05) is 30.3 Å². The van der Waals surface area contributed by atoms with Crippen LogP contribution in [0, 0.1) is 13.8 Å². The number of aromatic nitrogens is 3. The first kappa shape index (κ1) is 28.9. The molecular weight excluding hydrogens is 544 g/mol. The summed E-state index contributed by atoms with van der Waals surface area (Å²) in [6.45, 7) is 8.63. The van der Waals surface area contributed by atoms with Gasteiger partial charge >= 0.3 is 5.97 Å². The lowest BCUT2D eigenvalue weighted by Gasteiger charge is -2.34. The number of aryl methyl sites for hydroxylation is 1. The molecule has 2 aromatic carbocycles. The summed E-state index contributed by atoms with van der Waals surface area (Å²) in [5.74, 6) is 0.217. The second-order valence-corrected chi connectivity index (χ2v) is 11.4. The molecule has 0 bridgehead atoms. The Kier molecular flexibility index (Phi) is 8.44. The van der Waals surface area contributed by atoms with Crippen molar-refractivity contribution in [3.05, 3.63) is 88.1 Å². The normalized spacial score (nSPS) is 17.0. The van der Waals surface area contributed by atoms with Crippen LogP contribution in [-0.2, 0) is 24.3 Å². The van der Waals surface area contributed by atoms with E-state index in [0.717, 1.165) is 49.5 Å². The fourth-order valence-electron chi connectivity index (χ4n) is 6.23. The number of hydrogen-bond donors (Lipinski definition) is 1. The number of carboxylic acid groups (broad SMARTS) is 1. The van der Waals surface area contributed by atoms with Crippen LogP contribution in [-0.4, -0.2) is 63.7 Å². The van der Waals surface area contributed by atoms with Crippen LogP contribution in [0.5, 0.6) is 11.6 Å². The van der Waals surface area contributed by atoms with Crippen molar-refractivity contribution >= 4 is 5.97 Å². The molecule has 6 rings (SSSR count). The van der Waals surface area contributed by atoms with Gasteiger partial charge in [-0.15, -0.1) is 0 Å². The van der Waals surface area contributed by atoms with Gasteiger partial charge in [-0.3, -0.25) is 4.90 Å². The summed E-state index contributed by atoms with van der Waals surface area (Å²) in [5, 5.41) is 13.7. The number of nitrogens with zero attached hydrogens (tertiary/aromatic N) is 4. The lowest BCUT2D eigenvalue weighted by atomic mass is 9.91. The summed E-state index contributed by atoms with van der Waals surface area (Å²) < 4.78 is 19.3. The van der Waals surface area contributed by atoms with Crippen molar-refractivity contribution in [3.63, 3.8) is 0 Å². The predicted octanol–water partition coefficient (Wildman–Crippen LogP) is 5.76. The van der Waals surface area contributed by atoms with E-state index in [2.05, 4.69) is 29.1 Å². The van der Waals surface area contributed by atoms with Crippen LogP contribution in [0.1, 0.15) is 57.4 Å². The molecule has 1 atom stereocenters. The van der Waals surface area contributed by atoms with E-state index in [-0.39, 0.29) is 11.4 Å². The van der Waals surface area contributed by atoms with Crippen molar-refractivity contribution < 1.29 is 24.1 Å². The molecule has 1 saturated heterocycles. The monoisotopic (exact) mass is 582 g/mol. The lowest BCUT2D eigenvalue weighted by Crippen LogP contribution is -2.39. The van der Waals surface area contributed by atoms with Gasteiger partial charge in [0.25, 0.3) is 0 Å². The molecule has 0 amide bonds. The maximum atomic E-state index is 11.6. The first-order valence-electron chi connectivity index (χ1n) is 14.9. The summed E-state index contributed by atoms with van der Waals surface area (Å²) in [6, 6.07) is 16.0. The van der Waals surface area contributed by atoms with Gasteiger partial charge < -0.3 is 19.3 Å². The fraction of sp³-hybridized carbons (Fsp3) is 0.382. The highest BCUT2D eigenvalue weighted by molar-refractivity contribution is 5.90. The van der Waals surface area contributed by atoms with Crippen LogP contribution in [0.3, 0.4) is 0 Å². The molecule has 4 aromatic rings. The number of hydrogen-bond acceptors (Lipinski definition) is 7. The molecule has 1 N–H and O–H groups in total. The molecule has 9 heteroatoms. The molecule has 0 unspecified atom stereocenters. The van der Waals surface area contributed by atoms with E-state index in [1.54, 1.807) is 6.07 Å². The van der Waals surface area contributed by atoms with Crippen LogP contribution in [0.25, 0.3) is 17.1 Å². The molecule has 9 nitrogen and oxygen atoms in total. The maximum Gasteiger partial charge on any atom is 0.342 e. The van der Waals surface area contributed by atoms with E-state index < -0.39 is 5.97 Å². The Morgan fingerprint density at radius 1 is 1.12 bits per heavy atom. The standard InChI is InChI=1S/C34H38N4O5/c1-22-8-6-10-28(30-11-7-12-31(36-30)38-33(41-3)29(18-35-38)34(39)40)32(22)43-21-25-14-13-24-19-37(16-15-27(24)23(25)2)20-26-9-4-5-17-42-26/h6-8,10-14,18,26H,4-5,9,15-17,19-21H2,1-3H3,(H,39,40)/t26-/m0/s1. The van der Waals surface area contributed by atoms with Gasteiger partial charge in [0, 0.05) is 31.8 Å². The van der Waals surface area contributed by atoms with Crippen LogP contribution in [0.15, 0.2) is 54.7 Å². The number of para-hydroxylation sites is 1. The van der Waals surface area contributed by atoms with Gasteiger partial charge in [0.2, 0.25) is 5.88 Å². The summed E-state index contributed by atoms with van der Waals surface area (Å²) >= 11 is 0. The maximum absolute atomic E-state index is 11.6. The van der Waals surface area contributed by atoms with E-state index in [0.29, 0.717) is 24.2 Å². The molecule has 1 fully saturated rings. The molecule has 0 saturated carbocycles. The number of carboxylic acids is 1. The van der Waals surface area contributed by atoms with E-state index in [4.69, 9.17) is 19.2 Å². The minimum Gasteiger partial charge on any atom is -0.488 e. The SMILES string of the molecule is COc1c(C(=O)O)cnn1-c1cccc(-c2cccc(C)c2OCc2ccc3c(c2C)CCN(C[C@@H]2CCCCO2)C3)n1. The Hall–Kier alpha value is -4.21. The fourth-order valence-corrected chi connectivity index (χ4v) is 6.23. The highest BCUT2D eigenvalue weighted by atomic mass is 16.5. The molecule has 224 valence electrons. The van der Waals surface area contributed by atoms with Gasteiger partial charge in [-0.05, 0) is 85.5 Å². The lowest BCUT2D eigenvalue weighted by molar-refractivity contribution is -0.00803. The highest BCUT2D eigenvalue weighted by Crippen LogP contribution is 2.34. The Bertz CT molecular complexity index is 1630. The average Bonchev–Trinajstić information content (AvgIpc) is 3.47. The predicted molar refractivity (Wildman–Crippen MR) is 163 cm³/mol. The summed E-state index contributed by atoms with van der Waals surface area (Å²) in [7, 11) is 1.42. The van der Waals surface area contributed by atoms with Gasteiger partial charge in [0.05, 0.1) is 25.1 Å². The van der Waals surface area contributed by atoms with Crippen LogP contribution in [0.4, 0.5) is 0 Å². The Labute approximate surface area is 252 Å². The number of fused-ring (bicyclic) bond motifs is 1. The number of benzene rings is 2. The van der Waals surface area contributed by atoms with Crippen molar-refractivity contribution in [2.45, 2.75) is 58.8 Å². The third-order valence-electron chi connectivity index (χ3n) is 8.58. The van der Waals surface area contributed by atoms with E-state index in [1.807, 2.05) is 37.3 Å². The first-order chi connectivity index (χ1) is 20.9. The summed E-state index contributed by atoms with van der Waals surface area (Å²) in [4.78, 5) is 18.9. The number of methoxy groups -OCH3 is 1.